The van der Waals surface area contributed by atoms with E-state index in [1.807, 2.05) is 6.26 Å². The Morgan fingerprint density at radius 2 is 1.75 bits per heavy atom. The zero-order chi connectivity index (χ0) is 32.3. The lowest BCUT2D eigenvalue weighted by atomic mass is 9.32. The van der Waals surface area contributed by atoms with E-state index >= 15 is 0 Å². The molecule has 0 radical (unpaired) electrons. The highest BCUT2D eigenvalue weighted by Gasteiger charge is 2.71. The van der Waals surface area contributed by atoms with Crippen molar-refractivity contribution in [3.8, 4) is 0 Å². The van der Waals surface area contributed by atoms with Crippen LogP contribution in [0.25, 0.3) is 0 Å². The molecule has 0 spiro atoms. The second kappa shape index (κ2) is 11.8. The van der Waals surface area contributed by atoms with Crippen molar-refractivity contribution >= 4 is 29.5 Å². The van der Waals surface area contributed by atoms with Crippen LogP contribution in [0.3, 0.4) is 0 Å². The van der Waals surface area contributed by atoms with Crippen molar-refractivity contribution in [2.45, 2.75) is 124 Å². The largest absolute Gasteiger partial charge is 0.467 e. The number of methoxy groups -OCH3 is 1. The van der Waals surface area contributed by atoms with E-state index in [1.165, 1.54) is 38.4 Å². The summed E-state index contributed by atoms with van der Waals surface area (Å²) in [5, 5.41) is 20.2. The van der Waals surface area contributed by atoms with E-state index in [9.17, 15) is 14.8 Å². The molecule has 5 fully saturated rings. The van der Waals surface area contributed by atoms with Gasteiger partial charge in [0.25, 0.3) is 0 Å². The summed E-state index contributed by atoms with van der Waals surface area (Å²) in [5.74, 6) is 2.76. The second-order valence-electron chi connectivity index (χ2n) is 16.6. The van der Waals surface area contributed by atoms with Crippen LogP contribution in [0.1, 0.15) is 112 Å². The van der Waals surface area contributed by atoms with Gasteiger partial charge in [-0.1, -0.05) is 51.9 Å². The van der Waals surface area contributed by atoms with Crippen LogP contribution in [0.4, 0.5) is 4.79 Å². The Labute approximate surface area is 270 Å². The number of allylic oxidation sites excluding steroid dienone is 1. The molecule has 0 aromatic rings. The average Bonchev–Trinajstić information content (AvgIpc) is 3.34. The Hall–Kier alpha value is -1.70. The predicted octanol–water partition coefficient (Wildman–Crippen LogP) is 7.82. The van der Waals surface area contributed by atoms with Crippen LogP contribution in [0.2, 0.25) is 0 Å². The fourth-order valence-electron chi connectivity index (χ4n) is 12.4. The highest BCUT2D eigenvalue weighted by Crippen LogP contribution is 2.76. The van der Waals surface area contributed by atoms with Crippen molar-refractivity contribution in [3.63, 3.8) is 0 Å². The molecule has 3 N–H and O–H groups in total. The number of rotatable bonds is 7. The number of nitrogens with one attached hydrogen (secondary N) is 2. The fourth-order valence-corrected chi connectivity index (χ4v) is 12.9. The van der Waals surface area contributed by atoms with Gasteiger partial charge in [0.2, 0.25) is 0 Å². The monoisotopic (exact) mass is 629 g/mol. The summed E-state index contributed by atoms with van der Waals surface area (Å²) in [5.41, 5.74) is 2.42. The van der Waals surface area contributed by atoms with Gasteiger partial charge in [-0.2, -0.15) is 11.8 Å². The highest BCUT2D eigenvalue weighted by molar-refractivity contribution is 7.98. The molecule has 248 valence electrons. The van der Waals surface area contributed by atoms with E-state index in [0.717, 1.165) is 50.0 Å². The van der Waals surface area contributed by atoms with Gasteiger partial charge in [-0.15, -0.1) is 0 Å². The molecule has 8 heteroatoms. The maximum Gasteiger partial charge on any atom is 0.328 e. The lowest BCUT2D eigenvalue weighted by Crippen LogP contribution is -2.69. The first-order chi connectivity index (χ1) is 20.6. The number of hydrogen-bond donors (Lipinski definition) is 3. The molecule has 5 aliphatic rings. The third-order valence-corrected chi connectivity index (χ3v) is 15.4. The third-order valence-electron chi connectivity index (χ3n) is 14.7. The Bertz CT molecular complexity index is 1190. The van der Waals surface area contributed by atoms with E-state index in [-0.39, 0.29) is 39.2 Å². The van der Waals surface area contributed by atoms with E-state index < -0.39 is 6.04 Å². The van der Waals surface area contributed by atoms with Gasteiger partial charge in [0.1, 0.15) is 6.04 Å². The Balaban J connectivity index is 1.45. The zero-order valence-corrected chi connectivity index (χ0v) is 29.5. The molecule has 5 aliphatic carbocycles. The molecule has 0 aromatic carbocycles. The summed E-state index contributed by atoms with van der Waals surface area (Å²) in [7, 11) is 1.39. The van der Waals surface area contributed by atoms with E-state index in [2.05, 4.69) is 63.9 Å². The predicted molar refractivity (Wildman–Crippen MR) is 179 cm³/mol. The van der Waals surface area contributed by atoms with Crippen LogP contribution in [0.5, 0.6) is 0 Å². The van der Waals surface area contributed by atoms with E-state index in [4.69, 9.17) is 4.74 Å². The van der Waals surface area contributed by atoms with Gasteiger partial charge in [0.15, 0.2) is 0 Å². The molecule has 0 saturated heterocycles. The third kappa shape index (κ3) is 4.94. The average molecular weight is 630 g/mol. The molecule has 2 amide bonds. The fraction of sp³-hybridized carbons (Fsp3) is 0.861. The van der Waals surface area contributed by atoms with Gasteiger partial charge in [-0.25, -0.2) is 9.59 Å². The minimum Gasteiger partial charge on any atom is -0.467 e. The highest BCUT2D eigenvalue weighted by atomic mass is 32.2. The number of hydrogen-bond acceptors (Lipinski definition) is 6. The van der Waals surface area contributed by atoms with Crippen molar-refractivity contribution in [2.75, 3.05) is 19.1 Å². The van der Waals surface area contributed by atoms with Gasteiger partial charge in [0, 0.05) is 11.0 Å². The quantitative estimate of drug-likeness (QED) is 0.115. The number of carbonyl (C=O) groups excluding carboxylic acids is 2. The van der Waals surface area contributed by atoms with Crippen LogP contribution in [0, 0.1) is 51.2 Å². The zero-order valence-electron chi connectivity index (χ0n) is 28.7. The molecule has 5 unspecified atom stereocenters. The second-order valence-corrected chi connectivity index (χ2v) is 17.6. The standard InChI is InChI=1S/C36H59N3O4S/c1-22(2)23-12-18-36(38-31(41)37-25(15-21-44-9)30(40)43-8)20-19-34(6)24(29(23)36)10-11-27-33(5)16-14-28(39-42)32(3,4)26(33)13-17-35(27,34)7/h23-27,29,42H,1,10-21H2,2-9H3,(H2,37,38,41)/b39-28+/t23-,24?,25+,26?,27?,29?,33-,34-,35+,36?/m0/s1. The number of ether oxygens (including phenoxy) is 1. The first-order valence-electron chi connectivity index (χ1n) is 17.2. The van der Waals surface area contributed by atoms with Crippen LogP contribution >= 0.6 is 11.8 Å². The van der Waals surface area contributed by atoms with Crippen molar-refractivity contribution in [3.05, 3.63) is 12.2 Å². The summed E-state index contributed by atoms with van der Waals surface area (Å²) >= 11 is 1.66. The molecular formula is C36H59N3O4S. The number of nitrogens with zero attached hydrogens (tertiary/aromatic N) is 1. The summed E-state index contributed by atoms with van der Waals surface area (Å²) in [6.07, 6.45) is 13.4. The van der Waals surface area contributed by atoms with Crippen molar-refractivity contribution in [1.29, 1.82) is 0 Å². The molecule has 0 bridgehead atoms. The number of oxime groups is 1. The van der Waals surface area contributed by atoms with Gasteiger partial charge < -0.3 is 20.6 Å². The molecule has 5 saturated carbocycles. The van der Waals surface area contributed by atoms with Gasteiger partial charge in [-0.3, -0.25) is 0 Å². The number of urea groups is 1. The Morgan fingerprint density at radius 1 is 1.02 bits per heavy atom. The minimum absolute atomic E-state index is 0.0891. The van der Waals surface area contributed by atoms with Gasteiger partial charge in [0.05, 0.1) is 12.8 Å². The topological polar surface area (TPSA) is 100 Å². The van der Waals surface area contributed by atoms with Crippen LogP contribution in [0.15, 0.2) is 17.3 Å². The molecule has 7 nitrogen and oxygen atoms in total. The molecular weight excluding hydrogens is 570 g/mol. The SMILES string of the molecule is C=C(C)[C@@H]1CCC2(NC(=O)N[C@H](CCSC)C(=O)OC)CC[C@@]3(C)C(CCC4[C@@]5(C)CC/C(=N\O)C(C)(C)C5CC[C@]43C)C12. The number of carbonyl (C=O) groups is 2. The van der Waals surface area contributed by atoms with Gasteiger partial charge >= 0.3 is 12.0 Å². The maximum atomic E-state index is 13.7. The Kier molecular flexibility index (Phi) is 9.05. The van der Waals surface area contributed by atoms with Crippen LogP contribution in [-0.2, 0) is 9.53 Å². The maximum absolute atomic E-state index is 13.7. The minimum atomic E-state index is -0.643. The smallest absolute Gasteiger partial charge is 0.328 e. The first-order valence-corrected chi connectivity index (χ1v) is 18.6. The molecule has 0 aromatic heterocycles. The first kappa shape index (κ1) is 33.7. The van der Waals surface area contributed by atoms with Crippen LogP contribution in [-0.4, -0.2) is 53.6 Å². The normalized spacial score (nSPS) is 43.9. The van der Waals surface area contributed by atoms with Crippen LogP contribution < -0.4 is 10.6 Å². The summed E-state index contributed by atoms with van der Waals surface area (Å²) in [4.78, 5) is 26.2. The lowest BCUT2D eigenvalue weighted by Gasteiger charge is -2.72. The van der Waals surface area contributed by atoms with Gasteiger partial charge in [-0.05, 0) is 135 Å². The molecule has 5 rings (SSSR count). The number of thioether (sulfide) groups is 1. The number of fused-ring (bicyclic) bond motifs is 7. The molecule has 0 heterocycles. The van der Waals surface area contributed by atoms with Crippen molar-refractivity contribution < 1.29 is 19.5 Å². The van der Waals surface area contributed by atoms with E-state index in [1.54, 1.807) is 11.8 Å². The summed E-state index contributed by atoms with van der Waals surface area (Å²) in [6.45, 7) is 19.1. The summed E-state index contributed by atoms with van der Waals surface area (Å²) in [6, 6.07) is -0.882. The Morgan fingerprint density at radius 3 is 2.39 bits per heavy atom. The number of amides is 2. The number of esters is 1. The molecule has 44 heavy (non-hydrogen) atoms. The van der Waals surface area contributed by atoms with E-state index in [0.29, 0.717) is 36.0 Å². The lowest BCUT2D eigenvalue weighted by molar-refractivity contribution is -0.221. The summed E-state index contributed by atoms with van der Waals surface area (Å²) < 4.78 is 5.03. The molecule has 10 atom stereocenters. The molecule has 0 aliphatic heterocycles. The van der Waals surface area contributed by atoms with Crippen molar-refractivity contribution in [2.24, 2.45) is 56.4 Å². The van der Waals surface area contributed by atoms with Crippen molar-refractivity contribution in [1.82, 2.24) is 10.6 Å².